The molecule has 1 aliphatic heterocycles. The Hall–Kier alpha value is -1.12. The second-order valence-electron chi connectivity index (χ2n) is 4.94. The summed E-state index contributed by atoms with van der Waals surface area (Å²) in [5, 5.41) is 9.66. The molecule has 0 radical (unpaired) electrons. The van der Waals surface area contributed by atoms with E-state index in [0.717, 1.165) is 19.3 Å². The minimum atomic E-state index is -0.110. The normalized spacial score (nSPS) is 28.9. The van der Waals surface area contributed by atoms with E-state index in [1.807, 2.05) is 24.3 Å². The van der Waals surface area contributed by atoms with Gasteiger partial charge in [0.25, 0.3) is 0 Å². The largest absolute Gasteiger partial charge is 0.396 e. The van der Waals surface area contributed by atoms with E-state index in [-0.39, 0.29) is 18.1 Å². The zero-order valence-corrected chi connectivity index (χ0v) is 10.1. The lowest BCUT2D eigenvalue weighted by Crippen LogP contribution is -2.40. The third-order valence-corrected chi connectivity index (χ3v) is 3.58. The predicted octanol–water partition coefficient (Wildman–Crippen LogP) is 2.57. The SMILES string of the molecule is C=C[C@@H]1CC[C@@](CO)(Cc2ccccc2)CO1. The molecule has 2 nitrogen and oxygen atoms in total. The second-order valence-corrected chi connectivity index (χ2v) is 4.94. The molecule has 1 fully saturated rings. The molecule has 0 saturated carbocycles. The Morgan fingerprint density at radius 1 is 1.41 bits per heavy atom. The molecule has 2 rings (SSSR count). The lowest BCUT2D eigenvalue weighted by molar-refractivity contribution is -0.0651. The molecule has 0 bridgehead atoms. The van der Waals surface area contributed by atoms with Crippen molar-refractivity contribution in [2.24, 2.45) is 5.41 Å². The van der Waals surface area contributed by atoms with E-state index in [9.17, 15) is 5.11 Å². The fourth-order valence-corrected chi connectivity index (χ4v) is 2.42. The molecule has 2 atom stereocenters. The van der Waals surface area contributed by atoms with Gasteiger partial charge in [-0.05, 0) is 24.8 Å². The molecule has 0 spiro atoms. The highest BCUT2D eigenvalue weighted by atomic mass is 16.5. The monoisotopic (exact) mass is 232 g/mol. The van der Waals surface area contributed by atoms with Crippen molar-refractivity contribution < 1.29 is 9.84 Å². The van der Waals surface area contributed by atoms with Gasteiger partial charge in [0.2, 0.25) is 0 Å². The maximum absolute atomic E-state index is 9.66. The number of aliphatic hydroxyl groups excluding tert-OH is 1. The van der Waals surface area contributed by atoms with Crippen LogP contribution >= 0.6 is 0 Å². The van der Waals surface area contributed by atoms with Gasteiger partial charge in [-0.2, -0.15) is 0 Å². The molecule has 1 heterocycles. The van der Waals surface area contributed by atoms with Crippen molar-refractivity contribution in [2.75, 3.05) is 13.2 Å². The molecule has 0 aliphatic carbocycles. The van der Waals surface area contributed by atoms with Crippen LogP contribution in [0.25, 0.3) is 0 Å². The summed E-state index contributed by atoms with van der Waals surface area (Å²) in [5.41, 5.74) is 1.16. The van der Waals surface area contributed by atoms with E-state index < -0.39 is 0 Å². The van der Waals surface area contributed by atoms with Crippen molar-refractivity contribution in [2.45, 2.75) is 25.4 Å². The van der Waals surface area contributed by atoms with Gasteiger partial charge < -0.3 is 9.84 Å². The summed E-state index contributed by atoms with van der Waals surface area (Å²) in [6, 6.07) is 10.3. The summed E-state index contributed by atoms with van der Waals surface area (Å²) >= 11 is 0. The molecule has 1 saturated heterocycles. The van der Waals surface area contributed by atoms with Crippen LogP contribution in [0.2, 0.25) is 0 Å². The third-order valence-electron chi connectivity index (χ3n) is 3.58. The smallest absolute Gasteiger partial charge is 0.0753 e. The number of hydrogen-bond acceptors (Lipinski definition) is 2. The molecule has 0 aromatic heterocycles. The summed E-state index contributed by atoms with van der Waals surface area (Å²) in [5.74, 6) is 0. The minimum Gasteiger partial charge on any atom is -0.396 e. The molecule has 1 aromatic carbocycles. The molecule has 2 heteroatoms. The van der Waals surface area contributed by atoms with E-state index >= 15 is 0 Å². The second kappa shape index (κ2) is 5.48. The Labute approximate surface area is 103 Å². The average Bonchev–Trinajstić information content (AvgIpc) is 2.41. The van der Waals surface area contributed by atoms with Gasteiger partial charge in [0, 0.05) is 5.41 Å². The van der Waals surface area contributed by atoms with Crippen molar-refractivity contribution in [3.8, 4) is 0 Å². The molecule has 1 aliphatic rings. The van der Waals surface area contributed by atoms with Gasteiger partial charge in [-0.1, -0.05) is 36.4 Å². The van der Waals surface area contributed by atoms with Crippen LogP contribution in [0.4, 0.5) is 0 Å². The van der Waals surface area contributed by atoms with Crippen LogP contribution in [-0.2, 0) is 11.2 Å². The molecule has 92 valence electrons. The Morgan fingerprint density at radius 2 is 2.18 bits per heavy atom. The van der Waals surface area contributed by atoms with Crippen molar-refractivity contribution in [1.29, 1.82) is 0 Å². The summed E-state index contributed by atoms with van der Waals surface area (Å²) in [6.45, 7) is 4.56. The van der Waals surface area contributed by atoms with Crippen LogP contribution < -0.4 is 0 Å². The highest BCUT2D eigenvalue weighted by Gasteiger charge is 2.34. The molecule has 0 unspecified atom stereocenters. The van der Waals surface area contributed by atoms with E-state index in [2.05, 4.69) is 18.7 Å². The number of aliphatic hydroxyl groups is 1. The molecule has 0 amide bonds. The fraction of sp³-hybridized carbons (Fsp3) is 0.467. The first-order valence-electron chi connectivity index (χ1n) is 6.17. The first-order valence-corrected chi connectivity index (χ1v) is 6.17. The summed E-state index contributed by atoms with van der Waals surface area (Å²) < 4.78 is 5.73. The van der Waals surface area contributed by atoms with E-state index in [1.54, 1.807) is 0 Å². The highest BCUT2D eigenvalue weighted by molar-refractivity contribution is 5.17. The lowest BCUT2D eigenvalue weighted by Gasteiger charge is -2.38. The Bertz CT molecular complexity index is 350. The Kier molecular flexibility index (Phi) is 3.97. The highest BCUT2D eigenvalue weighted by Crippen LogP contribution is 2.34. The topological polar surface area (TPSA) is 29.5 Å². The van der Waals surface area contributed by atoms with Gasteiger partial charge in [0.1, 0.15) is 0 Å². The van der Waals surface area contributed by atoms with Crippen LogP contribution in [0.3, 0.4) is 0 Å². The van der Waals surface area contributed by atoms with Gasteiger partial charge in [-0.25, -0.2) is 0 Å². The Balaban J connectivity index is 2.04. The standard InChI is InChI=1S/C15H20O2/c1-2-14-8-9-15(11-16,12-17-14)10-13-6-4-3-5-7-13/h2-7,14,16H,1,8-12H2/t14-,15+/m1/s1. The predicted molar refractivity (Wildman–Crippen MR) is 68.8 cm³/mol. The van der Waals surface area contributed by atoms with Gasteiger partial charge in [0.05, 0.1) is 19.3 Å². The fourth-order valence-electron chi connectivity index (χ4n) is 2.42. The van der Waals surface area contributed by atoms with Crippen LogP contribution in [0.15, 0.2) is 43.0 Å². The summed E-state index contributed by atoms with van der Waals surface area (Å²) in [4.78, 5) is 0. The summed E-state index contributed by atoms with van der Waals surface area (Å²) in [6.07, 6.45) is 4.84. The Morgan fingerprint density at radius 3 is 2.71 bits per heavy atom. The van der Waals surface area contributed by atoms with Crippen molar-refractivity contribution >= 4 is 0 Å². The van der Waals surface area contributed by atoms with Crippen LogP contribution in [0.5, 0.6) is 0 Å². The molecule has 17 heavy (non-hydrogen) atoms. The van der Waals surface area contributed by atoms with Gasteiger partial charge in [-0.3, -0.25) is 0 Å². The molecule has 1 N–H and O–H groups in total. The van der Waals surface area contributed by atoms with Gasteiger partial charge in [0.15, 0.2) is 0 Å². The zero-order valence-electron chi connectivity index (χ0n) is 10.1. The van der Waals surface area contributed by atoms with Crippen molar-refractivity contribution in [3.63, 3.8) is 0 Å². The van der Waals surface area contributed by atoms with E-state index in [1.165, 1.54) is 5.56 Å². The summed E-state index contributed by atoms with van der Waals surface area (Å²) in [7, 11) is 0. The number of rotatable bonds is 4. The van der Waals surface area contributed by atoms with E-state index in [0.29, 0.717) is 6.61 Å². The molecular formula is C15H20O2. The maximum atomic E-state index is 9.66. The lowest BCUT2D eigenvalue weighted by atomic mass is 9.77. The first kappa shape index (κ1) is 12.3. The van der Waals surface area contributed by atoms with Gasteiger partial charge >= 0.3 is 0 Å². The average molecular weight is 232 g/mol. The minimum absolute atomic E-state index is 0.110. The maximum Gasteiger partial charge on any atom is 0.0753 e. The van der Waals surface area contributed by atoms with Crippen LogP contribution in [0.1, 0.15) is 18.4 Å². The number of hydrogen-bond donors (Lipinski definition) is 1. The van der Waals surface area contributed by atoms with E-state index in [4.69, 9.17) is 4.74 Å². The van der Waals surface area contributed by atoms with Crippen LogP contribution in [-0.4, -0.2) is 24.4 Å². The molecular weight excluding hydrogens is 212 g/mol. The molecule has 1 aromatic rings. The van der Waals surface area contributed by atoms with Gasteiger partial charge in [-0.15, -0.1) is 6.58 Å². The number of ether oxygens (including phenoxy) is 1. The van der Waals surface area contributed by atoms with Crippen molar-refractivity contribution in [3.05, 3.63) is 48.6 Å². The number of benzene rings is 1. The third kappa shape index (κ3) is 2.96. The van der Waals surface area contributed by atoms with Crippen molar-refractivity contribution in [1.82, 2.24) is 0 Å². The zero-order chi connectivity index (χ0) is 12.1. The van der Waals surface area contributed by atoms with Crippen LogP contribution in [0, 0.1) is 5.41 Å². The quantitative estimate of drug-likeness (QED) is 0.808. The first-order chi connectivity index (χ1) is 8.28.